The van der Waals surface area contributed by atoms with Crippen molar-refractivity contribution in [2.24, 2.45) is 11.7 Å². The van der Waals surface area contributed by atoms with E-state index >= 15 is 0 Å². The highest BCUT2D eigenvalue weighted by Crippen LogP contribution is 2.29. The standard InChI is InChI=1S/C23H30N2OS2.CH3NO.CH4O/c1-6-20(26-5)14-10-9-13-19-15-27-23(24-19)21-16-28-22(25-21)18(4)12-8-7-11-17(2)3;2-1-3;1-2/h6-9,11-13,15-18H,10,14H2,1-5H3;1H,(H2,2,3);2H,1H3/b11-7+,12-8+,13-9+,20-6-;;. The Balaban J connectivity index is 0.00000189. The van der Waals surface area contributed by atoms with Crippen molar-refractivity contribution < 1.29 is 14.6 Å². The van der Waals surface area contributed by atoms with Crippen LogP contribution in [0.15, 0.2) is 53.0 Å². The lowest BCUT2D eigenvalue weighted by atomic mass is 10.1. The van der Waals surface area contributed by atoms with Crippen LogP contribution in [0, 0.1) is 5.92 Å². The first-order valence-electron chi connectivity index (χ1n) is 10.7. The summed E-state index contributed by atoms with van der Waals surface area (Å²) >= 11 is 3.34. The number of carbonyl (C=O) groups excluding carboxylic acids is 1. The summed E-state index contributed by atoms with van der Waals surface area (Å²) in [5.41, 5.74) is 6.12. The molecular formula is C25H37N3O3S2. The van der Waals surface area contributed by atoms with Gasteiger partial charge in [0, 0.05) is 30.2 Å². The highest BCUT2D eigenvalue weighted by Gasteiger charge is 2.11. The first-order valence-corrected chi connectivity index (χ1v) is 12.4. The van der Waals surface area contributed by atoms with Gasteiger partial charge < -0.3 is 15.6 Å². The zero-order chi connectivity index (χ0) is 25.1. The van der Waals surface area contributed by atoms with Crippen molar-refractivity contribution in [3.63, 3.8) is 0 Å². The smallest absolute Gasteiger partial charge is 0.204 e. The molecule has 8 heteroatoms. The monoisotopic (exact) mass is 491 g/mol. The summed E-state index contributed by atoms with van der Waals surface area (Å²) in [4.78, 5) is 18.1. The number of thiazole rings is 2. The number of aliphatic hydroxyl groups excluding tert-OH is 1. The summed E-state index contributed by atoms with van der Waals surface area (Å²) < 4.78 is 5.27. The summed E-state index contributed by atoms with van der Waals surface area (Å²) in [6.45, 7) is 8.53. The maximum atomic E-state index is 8.58. The number of aromatic nitrogens is 2. The van der Waals surface area contributed by atoms with E-state index in [0.717, 1.165) is 47.1 Å². The van der Waals surface area contributed by atoms with Crippen LogP contribution in [-0.2, 0) is 9.53 Å². The van der Waals surface area contributed by atoms with Gasteiger partial charge in [-0.05, 0) is 31.4 Å². The van der Waals surface area contributed by atoms with Crippen LogP contribution in [0.3, 0.4) is 0 Å². The number of allylic oxidation sites excluding steroid dienone is 7. The zero-order valence-corrected chi connectivity index (χ0v) is 22.0. The number of aliphatic hydroxyl groups is 1. The lowest BCUT2D eigenvalue weighted by molar-refractivity contribution is -0.106. The first kappa shape index (κ1) is 30.4. The highest BCUT2D eigenvalue weighted by atomic mass is 32.1. The minimum Gasteiger partial charge on any atom is -0.501 e. The van der Waals surface area contributed by atoms with E-state index in [1.165, 1.54) is 0 Å². The third-order valence-electron chi connectivity index (χ3n) is 4.09. The van der Waals surface area contributed by atoms with Crippen LogP contribution in [0.25, 0.3) is 16.8 Å². The first-order chi connectivity index (χ1) is 15.9. The molecule has 0 spiro atoms. The number of primary amides is 1. The van der Waals surface area contributed by atoms with Gasteiger partial charge in [0.05, 0.1) is 23.6 Å². The molecule has 2 aromatic rings. The zero-order valence-electron chi connectivity index (χ0n) is 20.4. The molecule has 0 saturated heterocycles. The lowest BCUT2D eigenvalue weighted by Gasteiger charge is -2.01. The number of nitrogens with zero attached hydrogens (tertiary/aromatic N) is 2. The third kappa shape index (κ3) is 12.9. The molecule has 0 aliphatic heterocycles. The van der Waals surface area contributed by atoms with E-state index in [2.05, 4.69) is 73.7 Å². The number of nitrogens with two attached hydrogens (primary N) is 1. The van der Waals surface area contributed by atoms with Crippen LogP contribution >= 0.6 is 22.7 Å². The molecule has 2 rings (SSSR count). The van der Waals surface area contributed by atoms with Gasteiger partial charge in [-0.1, -0.05) is 51.2 Å². The Morgan fingerprint density at radius 3 is 2.42 bits per heavy atom. The Labute approximate surface area is 206 Å². The third-order valence-corrected chi connectivity index (χ3v) is 6.02. The molecular weight excluding hydrogens is 454 g/mol. The van der Waals surface area contributed by atoms with Gasteiger partial charge in [-0.2, -0.15) is 0 Å². The fourth-order valence-electron chi connectivity index (χ4n) is 2.47. The van der Waals surface area contributed by atoms with Gasteiger partial charge in [0.25, 0.3) is 0 Å². The van der Waals surface area contributed by atoms with Crippen LogP contribution in [0.1, 0.15) is 57.2 Å². The van der Waals surface area contributed by atoms with Crippen LogP contribution in [0.4, 0.5) is 0 Å². The minimum atomic E-state index is 0.250. The molecule has 1 atom stereocenters. The van der Waals surface area contributed by atoms with Crippen LogP contribution < -0.4 is 5.73 Å². The molecule has 0 bridgehead atoms. The molecule has 3 N–H and O–H groups in total. The summed E-state index contributed by atoms with van der Waals surface area (Å²) in [7, 11) is 2.72. The number of rotatable bonds is 10. The van der Waals surface area contributed by atoms with Crippen molar-refractivity contribution in [2.75, 3.05) is 14.2 Å². The molecule has 6 nitrogen and oxygen atoms in total. The predicted octanol–water partition coefficient (Wildman–Crippen LogP) is 6.19. The average Bonchev–Trinajstić information content (AvgIpc) is 3.48. The van der Waals surface area contributed by atoms with E-state index in [4.69, 9.17) is 24.6 Å². The van der Waals surface area contributed by atoms with Crippen LogP contribution in [-0.4, -0.2) is 35.7 Å². The van der Waals surface area contributed by atoms with Crippen molar-refractivity contribution in [1.82, 2.24) is 9.97 Å². The largest absolute Gasteiger partial charge is 0.501 e. The van der Waals surface area contributed by atoms with Gasteiger partial charge in [0.15, 0.2) is 0 Å². The van der Waals surface area contributed by atoms with Gasteiger partial charge >= 0.3 is 0 Å². The Bertz CT molecular complexity index is 896. The summed E-state index contributed by atoms with van der Waals surface area (Å²) in [5.74, 6) is 1.89. The second kappa shape index (κ2) is 19.0. The van der Waals surface area contributed by atoms with E-state index in [1.54, 1.807) is 29.8 Å². The van der Waals surface area contributed by atoms with E-state index in [0.29, 0.717) is 11.8 Å². The minimum absolute atomic E-state index is 0.250. The SMILES string of the molecule is C/C=C(/CC/C=C/c1csc(-c2csc(C(C)/C=C/C=C/C(C)C)n2)n1)OC.CO.NC=O. The molecule has 1 amide bonds. The summed E-state index contributed by atoms with van der Waals surface area (Å²) in [6, 6.07) is 0. The number of methoxy groups -OCH3 is 1. The number of carbonyl (C=O) groups is 1. The van der Waals surface area contributed by atoms with E-state index in [-0.39, 0.29) is 6.41 Å². The highest BCUT2D eigenvalue weighted by molar-refractivity contribution is 7.14. The molecule has 0 saturated carbocycles. The number of amides is 1. The molecule has 2 heterocycles. The van der Waals surface area contributed by atoms with Gasteiger partial charge in [0.2, 0.25) is 6.41 Å². The van der Waals surface area contributed by atoms with Gasteiger partial charge in [0.1, 0.15) is 10.7 Å². The quantitative estimate of drug-likeness (QED) is 0.234. The second-order valence-corrected chi connectivity index (χ2v) is 8.74. The van der Waals surface area contributed by atoms with Crippen LogP contribution in [0.2, 0.25) is 0 Å². The Hall–Kier alpha value is -2.55. The maximum Gasteiger partial charge on any atom is 0.204 e. The van der Waals surface area contributed by atoms with Gasteiger partial charge in [-0.3, -0.25) is 4.79 Å². The average molecular weight is 492 g/mol. The number of hydrogen-bond donors (Lipinski definition) is 2. The van der Waals surface area contributed by atoms with Crippen molar-refractivity contribution >= 4 is 35.2 Å². The molecule has 0 aliphatic carbocycles. The maximum absolute atomic E-state index is 8.58. The molecule has 0 fully saturated rings. The topological polar surface area (TPSA) is 98.3 Å². The Morgan fingerprint density at radius 1 is 1.15 bits per heavy atom. The van der Waals surface area contributed by atoms with Crippen molar-refractivity contribution in [2.45, 2.75) is 46.5 Å². The number of hydrogen-bond acceptors (Lipinski definition) is 7. The van der Waals surface area contributed by atoms with E-state index in [1.807, 2.05) is 13.0 Å². The molecule has 0 aromatic carbocycles. The van der Waals surface area contributed by atoms with E-state index in [9.17, 15) is 0 Å². The van der Waals surface area contributed by atoms with E-state index < -0.39 is 0 Å². The Kier molecular flexibility index (Phi) is 17.5. The molecule has 0 aliphatic rings. The van der Waals surface area contributed by atoms with Crippen LogP contribution in [0.5, 0.6) is 0 Å². The van der Waals surface area contributed by atoms with Crippen molar-refractivity contribution in [1.29, 1.82) is 0 Å². The molecule has 0 radical (unpaired) electrons. The summed E-state index contributed by atoms with van der Waals surface area (Å²) in [6.07, 6.45) is 16.9. The molecule has 33 heavy (non-hydrogen) atoms. The number of ether oxygens (including phenoxy) is 1. The molecule has 1 unspecified atom stereocenters. The van der Waals surface area contributed by atoms with Gasteiger partial charge in [-0.25, -0.2) is 9.97 Å². The second-order valence-electron chi connectivity index (χ2n) is 6.99. The van der Waals surface area contributed by atoms with Crippen molar-refractivity contribution in [3.05, 3.63) is 63.7 Å². The fourth-order valence-corrected chi connectivity index (χ4v) is 4.13. The predicted molar refractivity (Wildman–Crippen MR) is 142 cm³/mol. The van der Waals surface area contributed by atoms with Gasteiger partial charge in [-0.15, -0.1) is 22.7 Å². The molecule has 182 valence electrons. The normalized spacial score (nSPS) is 12.5. The lowest BCUT2D eigenvalue weighted by Crippen LogP contribution is -1.88. The summed E-state index contributed by atoms with van der Waals surface area (Å²) in [5, 5.41) is 13.3. The van der Waals surface area contributed by atoms with Crippen molar-refractivity contribution in [3.8, 4) is 10.7 Å². The Morgan fingerprint density at radius 2 is 1.82 bits per heavy atom. The molecule has 2 aromatic heterocycles. The fraction of sp³-hybridized carbons (Fsp3) is 0.400.